The quantitative estimate of drug-likeness (QED) is 0.514. The highest BCUT2D eigenvalue weighted by Crippen LogP contribution is 2.34. The summed E-state index contributed by atoms with van der Waals surface area (Å²) in [6.45, 7) is 0. The van der Waals surface area contributed by atoms with Gasteiger partial charge in [0.25, 0.3) is 0 Å². The Kier molecular flexibility index (Phi) is 4.43. The summed E-state index contributed by atoms with van der Waals surface area (Å²) < 4.78 is 5.60. The minimum atomic E-state index is -1.19. The van der Waals surface area contributed by atoms with Crippen LogP contribution in [0.25, 0.3) is 0 Å². The van der Waals surface area contributed by atoms with Crippen LogP contribution in [0, 0.1) is 0 Å². The van der Waals surface area contributed by atoms with Gasteiger partial charge in [-0.2, -0.15) is 0 Å². The van der Waals surface area contributed by atoms with Crippen molar-refractivity contribution in [3.8, 4) is 0 Å². The molecule has 0 spiro atoms. The van der Waals surface area contributed by atoms with E-state index in [1.54, 1.807) is 0 Å². The Labute approximate surface area is 116 Å². The fraction of sp³-hybridized carbons (Fsp3) is 0.750. The Morgan fingerprint density at radius 1 is 1.35 bits per heavy atom. The van der Waals surface area contributed by atoms with Crippen molar-refractivity contribution in [3.63, 3.8) is 0 Å². The largest absolute Gasteiger partial charge is 0.480 e. The molecule has 8 nitrogen and oxygen atoms in total. The van der Waals surface area contributed by atoms with E-state index in [0.29, 0.717) is 0 Å². The number of aliphatic carboxylic acids is 1. The molecule has 4 atom stereocenters. The number of carboxylic acid groups (broad SMARTS) is 1. The van der Waals surface area contributed by atoms with Crippen molar-refractivity contribution in [1.29, 1.82) is 0 Å². The van der Waals surface area contributed by atoms with E-state index in [2.05, 4.69) is 10.6 Å². The molecule has 3 unspecified atom stereocenters. The molecule has 0 aromatic carbocycles. The number of carboxylic acids is 1. The first-order chi connectivity index (χ1) is 9.45. The first-order valence-electron chi connectivity index (χ1n) is 6.69. The third kappa shape index (κ3) is 3.60. The predicted octanol–water partition coefficient (Wildman–Crippen LogP) is -0.676. The fourth-order valence-corrected chi connectivity index (χ4v) is 2.70. The summed E-state index contributed by atoms with van der Waals surface area (Å²) in [6, 6.07) is -1.75. The zero-order chi connectivity index (χ0) is 14.7. The van der Waals surface area contributed by atoms with Crippen molar-refractivity contribution < 1.29 is 24.2 Å². The first kappa shape index (κ1) is 14.6. The van der Waals surface area contributed by atoms with Gasteiger partial charge in [0.15, 0.2) is 0 Å². The summed E-state index contributed by atoms with van der Waals surface area (Å²) in [4.78, 5) is 33.4. The van der Waals surface area contributed by atoms with Gasteiger partial charge in [-0.05, 0) is 25.7 Å². The number of nitrogens with two attached hydrogens (primary N) is 1. The van der Waals surface area contributed by atoms with E-state index < -0.39 is 23.9 Å². The lowest BCUT2D eigenvalue weighted by Gasteiger charge is -2.22. The molecular formula is C12H19N3O5. The Balaban J connectivity index is 1.79. The van der Waals surface area contributed by atoms with Crippen molar-refractivity contribution in [2.24, 2.45) is 5.73 Å². The number of ether oxygens (including phenoxy) is 1. The number of carbonyl (C=O) groups excluding carboxylic acids is 2. The number of urea groups is 1. The van der Waals surface area contributed by atoms with Crippen molar-refractivity contribution in [1.82, 2.24) is 10.6 Å². The standard InChI is InChI=1S/C12H19N3O5/c13-10(16)4-2-7(11(17)18)14-12(19)15-8-5-6-1-3-9(8)20-6/h6-9H,1-5H2,(H2,13,16)(H,17,18)(H2,14,15,19)/t6?,7-,8?,9?/m1/s1. The molecule has 8 heteroatoms. The maximum atomic E-state index is 11.8. The van der Waals surface area contributed by atoms with Crippen LogP contribution < -0.4 is 16.4 Å². The van der Waals surface area contributed by atoms with Crippen LogP contribution in [0.4, 0.5) is 4.79 Å². The second kappa shape index (κ2) is 6.08. The summed E-state index contributed by atoms with van der Waals surface area (Å²) in [5.41, 5.74) is 4.97. The average Bonchev–Trinajstić information content (AvgIpc) is 2.95. The number of rotatable bonds is 6. The number of amides is 3. The summed E-state index contributed by atoms with van der Waals surface area (Å²) in [5, 5.41) is 14.1. The molecular weight excluding hydrogens is 266 g/mol. The predicted molar refractivity (Wildman–Crippen MR) is 67.8 cm³/mol. The first-order valence-corrected chi connectivity index (χ1v) is 6.69. The lowest BCUT2D eigenvalue weighted by Crippen LogP contribution is -2.51. The SMILES string of the molecule is NC(=O)CC[C@@H](NC(=O)NC1CC2CCC1O2)C(=O)O. The highest BCUT2D eigenvalue weighted by Gasteiger charge is 2.41. The van der Waals surface area contributed by atoms with Crippen LogP contribution >= 0.6 is 0 Å². The van der Waals surface area contributed by atoms with Crippen LogP contribution in [0.15, 0.2) is 0 Å². The van der Waals surface area contributed by atoms with Gasteiger partial charge in [-0.3, -0.25) is 4.79 Å². The molecule has 2 aliphatic heterocycles. The topological polar surface area (TPSA) is 131 Å². The van der Waals surface area contributed by atoms with Gasteiger partial charge in [0, 0.05) is 6.42 Å². The molecule has 3 amide bonds. The number of primary amides is 1. The van der Waals surface area contributed by atoms with Crippen LogP contribution in [0.3, 0.4) is 0 Å². The summed E-state index contributed by atoms with van der Waals surface area (Å²) in [7, 11) is 0. The Morgan fingerprint density at radius 2 is 2.10 bits per heavy atom. The van der Waals surface area contributed by atoms with E-state index in [-0.39, 0.29) is 31.1 Å². The molecule has 2 bridgehead atoms. The lowest BCUT2D eigenvalue weighted by molar-refractivity contribution is -0.139. The van der Waals surface area contributed by atoms with Gasteiger partial charge in [-0.25, -0.2) is 9.59 Å². The number of hydrogen-bond donors (Lipinski definition) is 4. The zero-order valence-electron chi connectivity index (χ0n) is 11.0. The summed E-state index contributed by atoms with van der Waals surface area (Å²) in [6.07, 6.45) is 2.81. The Bertz CT molecular complexity index is 414. The fourth-order valence-electron chi connectivity index (χ4n) is 2.70. The molecule has 112 valence electrons. The third-order valence-electron chi connectivity index (χ3n) is 3.71. The Hall–Kier alpha value is -1.83. The monoisotopic (exact) mass is 285 g/mol. The minimum Gasteiger partial charge on any atom is -0.480 e. The number of hydrogen-bond acceptors (Lipinski definition) is 4. The zero-order valence-corrected chi connectivity index (χ0v) is 11.0. The molecule has 2 aliphatic rings. The van der Waals surface area contributed by atoms with E-state index in [9.17, 15) is 14.4 Å². The maximum Gasteiger partial charge on any atom is 0.326 e. The van der Waals surface area contributed by atoms with Crippen molar-refractivity contribution in [3.05, 3.63) is 0 Å². The average molecular weight is 285 g/mol. The van der Waals surface area contributed by atoms with E-state index in [0.717, 1.165) is 19.3 Å². The molecule has 2 rings (SSSR count). The van der Waals surface area contributed by atoms with Gasteiger partial charge < -0.3 is 26.2 Å². The van der Waals surface area contributed by atoms with Crippen LogP contribution in [0.5, 0.6) is 0 Å². The number of carbonyl (C=O) groups is 3. The van der Waals surface area contributed by atoms with Crippen molar-refractivity contribution in [2.75, 3.05) is 0 Å². The van der Waals surface area contributed by atoms with Crippen LogP contribution in [0.1, 0.15) is 32.1 Å². The van der Waals surface area contributed by atoms with Crippen LogP contribution in [0.2, 0.25) is 0 Å². The lowest BCUT2D eigenvalue weighted by atomic mass is 9.96. The summed E-state index contributed by atoms with van der Waals surface area (Å²) >= 11 is 0. The smallest absolute Gasteiger partial charge is 0.326 e. The summed E-state index contributed by atoms with van der Waals surface area (Å²) in [5.74, 6) is -1.79. The van der Waals surface area contributed by atoms with Crippen molar-refractivity contribution >= 4 is 17.9 Å². The highest BCUT2D eigenvalue weighted by molar-refractivity contribution is 5.83. The van der Waals surface area contributed by atoms with E-state index >= 15 is 0 Å². The molecule has 0 saturated carbocycles. The van der Waals surface area contributed by atoms with Crippen molar-refractivity contribution in [2.45, 2.75) is 56.4 Å². The van der Waals surface area contributed by atoms with Gasteiger partial charge in [0.1, 0.15) is 6.04 Å². The highest BCUT2D eigenvalue weighted by atomic mass is 16.5. The number of nitrogens with one attached hydrogen (secondary N) is 2. The maximum absolute atomic E-state index is 11.8. The second-order valence-corrected chi connectivity index (χ2v) is 5.23. The van der Waals surface area contributed by atoms with E-state index in [1.165, 1.54) is 0 Å². The Morgan fingerprint density at radius 3 is 2.60 bits per heavy atom. The molecule has 0 radical (unpaired) electrons. The van der Waals surface area contributed by atoms with E-state index in [1.807, 2.05) is 0 Å². The molecule has 2 fully saturated rings. The van der Waals surface area contributed by atoms with Gasteiger partial charge >= 0.3 is 12.0 Å². The molecule has 20 heavy (non-hydrogen) atoms. The van der Waals surface area contributed by atoms with Gasteiger partial charge in [-0.1, -0.05) is 0 Å². The molecule has 2 saturated heterocycles. The normalized spacial score (nSPS) is 28.9. The molecule has 0 aromatic rings. The van der Waals surface area contributed by atoms with Gasteiger partial charge in [0.05, 0.1) is 18.2 Å². The second-order valence-electron chi connectivity index (χ2n) is 5.23. The van der Waals surface area contributed by atoms with Crippen LogP contribution in [-0.4, -0.2) is 47.3 Å². The number of fused-ring (bicyclic) bond motifs is 2. The molecule has 0 aliphatic carbocycles. The third-order valence-corrected chi connectivity index (χ3v) is 3.71. The minimum absolute atomic E-state index is 0.0225. The molecule has 0 aromatic heterocycles. The van der Waals surface area contributed by atoms with E-state index in [4.69, 9.17) is 15.6 Å². The molecule has 2 heterocycles. The van der Waals surface area contributed by atoms with Gasteiger partial charge in [0.2, 0.25) is 5.91 Å². The molecule has 5 N–H and O–H groups in total. The van der Waals surface area contributed by atoms with Gasteiger partial charge in [-0.15, -0.1) is 0 Å². The van der Waals surface area contributed by atoms with Crippen LogP contribution in [-0.2, 0) is 14.3 Å².